The molecule has 108 valence electrons. The minimum absolute atomic E-state index is 0.0254. The fourth-order valence-corrected chi connectivity index (χ4v) is 1.37. The lowest BCUT2D eigenvalue weighted by atomic mass is 10.1. The largest absolute Gasteiger partial charge is 0.465 e. The molecule has 0 spiro atoms. The van der Waals surface area contributed by atoms with Gasteiger partial charge in [0.2, 0.25) is 0 Å². The molecule has 20 heavy (non-hydrogen) atoms. The van der Waals surface area contributed by atoms with Gasteiger partial charge in [0.25, 0.3) is 5.69 Å². The fraction of sp³-hybridized carbons (Fsp3) is 0.333. The summed E-state index contributed by atoms with van der Waals surface area (Å²) in [7, 11) is 0. The molecule has 2 N–H and O–H groups in total. The third-order valence-corrected chi connectivity index (χ3v) is 2.07. The third-order valence-electron chi connectivity index (χ3n) is 2.07. The molecule has 1 amide bonds. The first-order valence-electron chi connectivity index (χ1n) is 5.62. The van der Waals surface area contributed by atoms with Crippen LogP contribution in [-0.2, 0) is 4.74 Å². The second kappa shape index (κ2) is 5.55. The summed E-state index contributed by atoms with van der Waals surface area (Å²) in [6.45, 7) is 5.00. The molecule has 8 heteroatoms. The van der Waals surface area contributed by atoms with Gasteiger partial charge in [0.1, 0.15) is 11.3 Å². The molecule has 0 atom stereocenters. The Bertz CT molecular complexity index is 562. The monoisotopic (exact) mass is 282 g/mol. The number of carbonyl (C=O) groups excluding carboxylic acids is 1. The molecule has 0 radical (unpaired) electrons. The van der Waals surface area contributed by atoms with Crippen LogP contribution < -0.4 is 5.32 Å². The molecule has 0 aromatic heterocycles. The van der Waals surface area contributed by atoms with Gasteiger partial charge in [-0.25, -0.2) is 9.59 Å². The number of esters is 1. The van der Waals surface area contributed by atoms with E-state index in [0.29, 0.717) is 0 Å². The topological polar surface area (TPSA) is 119 Å². The molecule has 1 aromatic rings. The van der Waals surface area contributed by atoms with Gasteiger partial charge >= 0.3 is 12.1 Å². The number of hydrogen-bond acceptors (Lipinski definition) is 5. The maximum atomic E-state index is 11.8. The molecule has 0 unspecified atom stereocenters. The van der Waals surface area contributed by atoms with Crippen LogP contribution in [0.4, 0.5) is 16.2 Å². The second-order valence-corrected chi connectivity index (χ2v) is 4.92. The van der Waals surface area contributed by atoms with Crippen molar-refractivity contribution in [1.82, 2.24) is 0 Å². The number of nitrogens with one attached hydrogen (secondary N) is 1. The zero-order chi connectivity index (χ0) is 15.5. The number of hydrogen-bond donors (Lipinski definition) is 2. The van der Waals surface area contributed by atoms with Gasteiger partial charge in [-0.1, -0.05) is 0 Å². The van der Waals surface area contributed by atoms with E-state index in [2.05, 4.69) is 0 Å². The van der Waals surface area contributed by atoms with Crippen molar-refractivity contribution in [3.63, 3.8) is 0 Å². The summed E-state index contributed by atoms with van der Waals surface area (Å²) in [4.78, 5) is 32.4. The molecule has 1 rings (SSSR count). The minimum Gasteiger partial charge on any atom is -0.465 e. The van der Waals surface area contributed by atoms with Crippen LogP contribution >= 0.6 is 0 Å². The van der Waals surface area contributed by atoms with Crippen molar-refractivity contribution in [2.45, 2.75) is 26.4 Å². The Morgan fingerprint density at radius 1 is 1.35 bits per heavy atom. The summed E-state index contributed by atoms with van der Waals surface area (Å²) < 4.78 is 5.08. The molecule has 1 aromatic carbocycles. The van der Waals surface area contributed by atoms with Gasteiger partial charge < -0.3 is 9.84 Å². The van der Waals surface area contributed by atoms with E-state index in [4.69, 9.17) is 9.84 Å². The van der Waals surface area contributed by atoms with E-state index in [0.717, 1.165) is 12.1 Å². The molecule has 0 fully saturated rings. The maximum Gasteiger partial charge on any atom is 0.409 e. The Kier molecular flexibility index (Phi) is 4.28. The van der Waals surface area contributed by atoms with Crippen LogP contribution in [0.25, 0.3) is 0 Å². The number of carboxylic acid groups (broad SMARTS) is 1. The van der Waals surface area contributed by atoms with Crippen molar-refractivity contribution in [3.05, 3.63) is 33.9 Å². The van der Waals surface area contributed by atoms with Crippen molar-refractivity contribution in [2.75, 3.05) is 5.32 Å². The quantitative estimate of drug-likeness (QED) is 0.499. The maximum absolute atomic E-state index is 11.8. The Balaban J connectivity index is 3.13. The lowest BCUT2D eigenvalue weighted by molar-refractivity contribution is -0.384. The number of nitrogens with zero attached hydrogens (tertiary/aromatic N) is 1. The number of nitro groups is 1. The van der Waals surface area contributed by atoms with E-state index in [9.17, 15) is 19.7 Å². The fourth-order valence-electron chi connectivity index (χ4n) is 1.37. The predicted octanol–water partition coefficient (Wildman–Crippen LogP) is 2.64. The summed E-state index contributed by atoms with van der Waals surface area (Å²) in [6, 6.07) is 3.37. The van der Waals surface area contributed by atoms with E-state index < -0.39 is 28.3 Å². The highest BCUT2D eigenvalue weighted by Crippen LogP contribution is 2.26. The van der Waals surface area contributed by atoms with Crippen LogP contribution in [0, 0.1) is 10.1 Å². The highest BCUT2D eigenvalue weighted by Gasteiger charge is 2.22. The van der Waals surface area contributed by atoms with E-state index in [1.54, 1.807) is 20.8 Å². The van der Waals surface area contributed by atoms with Crippen LogP contribution in [0.1, 0.15) is 31.1 Å². The van der Waals surface area contributed by atoms with E-state index in [-0.39, 0.29) is 11.3 Å². The normalized spacial score (nSPS) is 10.8. The van der Waals surface area contributed by atoms with Crippen LogP contribution in [0.5, 0.6) is 0 Å². The summed E-state index contributed by atoms with van der Waals surface area (Å²) in [5.41, 5.74) is -1.49. The van der Waals surface area contributed by atoms with Gasteiger partial charge in [-0.05, 0) is 32.9 Å². The summed E-state index contributed by atoms with van der Waals surface area (Å²) in [5.74, 6) is -0.720. The molecule has 0 aliphatic heterocycles. The summed E-state index contributed by atoms with van der Waals surface area (Å²) >= 11 is 0. The minimum atomic E-state index is -1.43. The average Bonchev–Trinajstić information content (AvgIpc) is 2.25. The lowest BCUT2D eigenvalue weighted by Crippen LogP contribution is -2.24. The number of nitro benzene ring substituents is 1. The standard InChI is InChI=1S/C12H14N2O6/c1-12(2,3)20-10(15)7-4-5-8(13-11(16)17)9(6-7)14(18)19/h4-6,13H,1-3H3,(H,16,17). The smallest absolute Gasteiger partial charge is 0.409 e. The van der Waals surface area contributed by atoms with Crippen molar-refractivity contribution in [1.29, 1.82) is 0 Å². The predicted molar refractivity (Wildman–Crippen MR) is 69.9 cm³/mol. The first-order chi connectivity index (χ1) is 9.10. The first kappa shape index (κ1) is 15.4. The highest BCUT2D eigenvalue weighted by molar-refractivity contribution is 5.93. The average molecular weight is 282 g/mol. The Morgan fingerprint density at radius 2 is 1.95 bits per heavy atom. The number of carbonyl (C=O) groups is 2. The van der Waals surface area contributed by atoms with Gasteiger partial charge in [-0.15, -0.1) is 0 Å². The zero-order valence-corrected chi connectivity index (χ0v) is 11.2. The molecule has 0 bridgehead atoms. The first-order valence-corrected chi connectivity index (χ1v) is 5.62. The molecular formula is C12H14N2O6. The molecule has 0 heterocycles. The zero-order valence-electron chi connectivity index (χ0n) is 11.2. The van der Waals surface area contributed by atoms with Gasteiger partial charge in [-0.3, -0.25) is 15.4 Å². The van der Waals surface area contributed by atoms with Crippen molar-refractivity contribution < 1.29 is 24.4 Å². The number of amides is 1. The van der Waals surface area contributed by atoms with Crippen LogP contribution in [0.3, 0.4) is 0 Å². The van der Waals surface area contributed by atoms with E-state index >= 15 is 0 Å². The number of rotatable bonds is 3. The van der Waals surface area contributed by atoms with E-state index in [1.165, 1.54) is 6.07 Å². The second-order valence-electron chi connectivity index (χ2n) is 4.92. The molecule has 0 aliphatic rings. The Labute approximate surface area is 114 Å². The third kappa shape index (κ3) is 4.23. The highest BCUT2D eigenvalue weighted by atomic mass is 16.6. The molecule has 0 aliphatic carbocycles. The van der Waals surface area contributed by atoms with E-state index in [1.807, 2.05) is 5.32 Å². The van der Waals surface area contributed by atoms with Crippen LogP contribution in [-0.4, -0.2) is 27.7 Å². The lowest BCUT2D eigenvalue weighted by Gasteiger charge is -2.19. The van der Waals surface area contributed by atoms with Crippen LogP contribution in [0.2, 0.25) is 0 Å². The van der Waals surface area contributed by atoms with Gasteiger partial charge in [0, 0.05) is 6.07 Å². The summed E-state index contributed by atoms with van der Waals surface area (Å²) in [5, 5.41) is 21.4. The Morgan fingerprint density at radius 3 is 2.40 bits per heavy atom. The van der Waals surface area contributed by atoms with Crippen molar-refractivity contribution in [2.24, 2.45) is 0 Å². The van der Waals surface area contributed by atoms with Crippen molar-refractivity contribution in [3.8, 4) is 0 Å². The molecular weight excluding hydrogens is 268 g/mol. The van der Waals surface area contributed by atoms with Crippen LogP contribution in [0.15, 0.2) is 18.2 Å². The SMILES string of the molecule is CC(C)(C)OC(=O)c1ccc(NC(=O)O)c([N+](=O)[O-])c1. The Hall–Kier alpha value is -2.64. The van der Waals surface area contributed by atoms with Gasteiger partial charge in [0.15, 0.2) is 0 Å². The molecule has 0 saturated heterocycles. The van der Waals surface area contributed by atoms with Crippen molar-refractivity contribution >= 4 is 23.4 Å². The number of benzene rings is 1. The van der Waals surface area contributed by atoms with Gasteiger partial charge in [-0.2, -0.15) is 0 Å². The molecule has 8 nitrogen and oxygen atoms in total. The molecule has 0 saturated carbocycles. The van der Waals surface area contributed by atoms with Gasteiger partial charge in [0.05, 0.1) is 10.5 Å². The number of ether oxygens (including phenoxy) is 1. The summed E-state index contributed by atoms with van der Waals surface area (Å²) in [6.07, 6.45) is -1.43. The number of anilines is 1.